The fourth-order valence-corrected chi connectivity index (χ4v) is 0.294. The highest BCUT2D eigenvalue weighted by Crippen LogP contribution is 2.00. The summed E-state index contributed by atoms with van der Waals surface area (Å²) < 4.78 is 0.775. The lowest BCUT2D eigenvalue weighted by Gasteiger charge is -1.75. The molecule has 0 rings (SSSR count). The molecule has 0 bridgehead atoms. The average molecular weight is 207 g/mol. The van der Waals surface area contributed by atoms with Gasteiger partial charge in [0.25, 0.3) is 0 Å². The lowest BCUT2D eigenvalue weighted by atomic mass is 10.7. The van der Waals surface area contributed by atoms with Crippen LogP contribution in [0.2, 0.25) is 0 Å². The third-order valence-electron chi connectivity index (χ3n) is 0.320. The van der Waals surface area contributed by atoms with Crippen molar-refractivity contribution in [1.82, 2.24) is 0 Å². The Morgan fingerprint density at radius 1 is 1.71 bits per heavy atom. The monoisotopic (exact) mass is 207 g/mol. The van der Waals surface area contributed by atoms with Crippen LogP contribution in [0.5, 0.6) is 0 Å². The Morgan fingerprint density at radius 2 is 2.29 bits per heavy atom. The van der Waals surface area contributed by atoms with Crippen molar-refractivity contribution in [2.75, 3.05) is 0 Å². The van der Waals surface area contributed by atoms with Crippen molar-refractivity contribution in [3.63, 3.8) is 0 Å². The first-order valence-electron chi connectivity index (χ1n) is 1.77. The van der Waals surface area contributed by atoms with Crippen molar-refractivity contribution < 1.29 is 0 Å². The molecule has 0 aliphatic rings. The Labute approximate surface area is 57.0 Å². The van der Waals surface area contributed by atoms with E-state index in [1.807, 2.05) is 22.6 Å². The predicted molar refractivity (Wildman–Crippen MR) is 41.8 cm³/mol. The summed E-state index contributed by atoms with van der Waals surface area (Å²) in [5.41, 5.74) is 0. The van der Waals surface area contributed by atoms with Crippen LogP contribution in [0.4, 0.5) is 0 Å². The summed E-state index contributed by atoms with van der Waals surface area (Å²) in [4.78, 5) is 3.79. The highest BCUT2D eigenvalue weighted by atomic mass is 127. The first-order valence-corrected chi connectivity index (χ1v) is 2.84. The van der Waals surface area contributed by atoms with Gasteiger partial charge in [-0.15, -0.1) is 0 Å². The third kappa shape index (κ3) is 5.88. The maximum absolute atomic E-state index is 3.79. The van der Waals surface area contributed by atoms with Crippen LogP contribution < -0.4 is 0 Å². The molecule has 0 saturated carbocycles. The number of nitrogens with zero attached hydrogens (tertiary/aromatic N) is 1. The van der Waals surface area contributed by atoms with Crippen LogP contribution in [-0.4, -0.2) is 6.21 Å². The largest absolute Gasteiger partial charge is 0.251 e. The van der Waals surface area contributed by atoms with E-state index in [0.29, 0.717) is 0 Å². The van der Waals surface area contributed by atoms with E-state index in [0.717, 1.165) is 3.70 Å². The summed E-state index contributed by atoms with van der Waals surface area (Å²) >= 11 is 2.03. The molecule has 0 spiro atoms. The first kappa shape index (κ1) is 6.88. The van der Waals surface area contributed by atoms with Gasteiger partial charge in [0.1, 0.15) is 0 Å². The number of aliphatic imine (C=N–C) groups is 1. The number of rotatable bonds is 2. The maximum Gasteiger partial charge on any atom is 0.0937 e. The zero-order valence-electron chi connectivity index (χ0n) is 3.89. The Hall–Kier alpha value is -0.120. The van der Waals surface area contributed by atoms with Crippen molar-refractivity contribution in [3.05, 3.63) is 22.9 Å². The number of halogens is 1. The maximum atomic E-state index is 3.79. The molecule has 0 saturated heterocycles. The molecule has 0 amide bonds. The summed E-state index contributed by atoms with van der Waals surface area (Å²) in [6, 6.07) is 0. The highest BCUT2D eigenvalue weighted by molar-refractivity contribution is 14.1. The standard InChI is InChI=1S/C5H6IN/c1-3-4-7-5(2)6/h3-4H,1-2H2. The van der Waals surface area contributed by atoms with Crippen molar-refractivity contribution in [2.45, 2.75) is 0 Å². The molecule has 0 aromatic rings. The molecular formula is C5H6IN. The van der Waals surface area contributed by atoms with Crippen LogP contribution in [0.1, 0.15) is 0 Å². The second-order valence-electron chi connectivity index (χ2n) is 0.890. The Kier molecular flexibility index (Phi) is 3.98. The van der Waals surface area contributed by atoms with Gasteiger partial charge < -0.3 is 0 Å². The molecule has 1 nitrogen and oxygen atoms in total. The number of hydrogen-bond donors (Lipinski definition) is 0. The minimum atomic E-state index is 0.775. The predicted octanol–water partition coefficient (Wildman–Crippen LogP) is 2.15. The lowest BCUT2D eigenvalue weighted by molar-refractivity contribution is 1.61. The molecule has 38 valence electrons. The molecule has 0 unspecified atom stereocenters. The van der Waals surface area contributed by atoms with Crippen LogP contribution in [-0.2, 0) is 0 Å². The molecule has 0 atom stereocenters. The van der Waals surface area contributed by atoms with Crippen molar-refractivity contribution in [2.24, 2.45) is 4.99 Å². The van der Waals surface area contributed by atoms with Gasteiger partial charge in [-0.1, -0.05) is 19.2 Å². The smallest absolute Gasteiger partial charge is 0.0937 e. The quantitative estimate of drug-likeness (QED) is 0.373. The van der Waals surface area contributed by atoms with Crippen LogP contribution in [0.15, 0.2) is 27.9 Å². The summed E-state index contributed by atoms with van der Waals surface area (Å²) in [6.07, 6.45) is 3.22. The third-order valence-corrected chi connectivity index (χ3v) is 0.599. The lowest BCUT2D eigenvalue weighted by Crippen LogP contribution is -1.58. The van der Waals surface area contributed by atoms with Gasteiger partial charge in [-0.3, -0.25) is 4.99 Å². The molecule has 0 heterocycles. The number of hydrogen-bond acceptors (Lipinski definition) is 1. The van der Waals surface area contributed by atoms with Gasteiger partial charge in [0.15, 0.2) is 0 Å². The van der Waals surface area contributed by atoms with Crippen LogP contribution >= 0.6 is 22.6 Å². The van der Waals surface area contributed by atoms with Gasteiger partial charge in [0.05, 0.1) is 3.70 Å². The van der Waals surface area contributed by atoms with Crippen LogP contribution in [0.3, 0.4) is 0 Å². The van der Waals surface area contributed by atoms with E-state index in [1.165, 1.54) is 0 Å². The molecule has 0 fully saturated rings. The van der Waals surface area contributed by atoms with Gasteiger partial charge >= 0.3 is 0 Å². The fourth-order valence-electron chi connectivity index (χ4n) is 0.134. The van der Waals surface area contributed by atoms with Gasteiger partial charge in [0.2, 0.25) is 0 Å². The van der Waals surface area contributed by atoms with E-state index in [1.54, 1.807) is 12.3 Å². The average Bonchev–Trinajstić information content (AvgIpc) is 1.61. The van der Waals surface area contributed by atoms with Gasteiger partial charge in [-0.25, -0.2) is 0 Å². The number of allylic oxidation sites excluding steroid dienone is 1. The van der Waals surface area contributed by atoms with E-state index in [9.17, 15) is 0 Å². The molecule has 0 N–H and O–H groups in total. The van der Waals surface area contributed by atoms with Gasteiger partial charge in [-0.05, 0) is 22.6 Å². The summed E-state index contributed by atoms with van der Waals surface area (Å²) in [5.74, 6) is 0. The minimum Gasteiger partial charge on any atom is -0.251 e. The van der Waals surface area contributed by atoms with Crippen LogP contribution in [0, 0.1) is 0 Å². The normalized spacial score (nSPS) is 9.29. The van der Waals surface area contributed by atoms with E-state index in [4.69, 9.17) is 0 Å². The SMILES string of the molecule is C=CC=NC(=C)I. The Bertz CT molecular complexity index is 105. The molecule has 0 aromatic carbocycles. The molecule has 0 aliphatic carbocycles. The summed E-state index contributed by atoms with van der Waals surface area (Å²) in [7, 11) is 0. The molecule has 0 aromatic heterocycles. The van der Waals surface area contributed by atoms with E-state index < -0.39 is 0 Å². The summed E-state index contributed by atoms with van der Waals surface area (Å²) in [6.45, 7) is 6.97. The first-order chi connectivity index (χ1) is 3.27. The fraction of sp³-hybridized carbons (Fsp3) is 0. The summed E-state index contributed by atoms with van der Waals surface area (Å²) in [5, 5.41) is 0. The van der Waals surface area contributed by atoms with Gasteiger partial charge in [0, 0.05) is 6.21 Å². The van der Waals surface area contributed by atoms with Crippen molar-refractivity contribution in [1.29, 1.82) is 0 Å². The topological polar surface area (TPSA) is 12.4 Å². The molecular weight excluding hydrogens is 201 g/mol. The highest BCUT2D eigenvalue weighted by Gasteiger charge is 1.68. The van der Waals surface area contributed by atoms with Gasteiger partial charge in [-0.2, -0.15) is 0 Å². The Morgan fingerprint density at radius 3 is 2.43 bits per heavy atom. The molecule has 0 aliphatic heterocycles. The molecule has 7 heavy (non-hydrogen) atoms. The van der Waals surface area contributed by atoms with Crippen LogP contribution in [0.25, 0.3) is 0 Å². The van der Waals surface area contributed by atoms with Crippen molar-refractivity contribution >= 4 is 28.8 Å². The molecule has 2 heteroatoms. The second-order valence-corrected chi connectivity index (χ2v) is 2.14. The van der Waals surface area contributed by atoms with E-state index in [-0.39, 0.29) is 0 Å². The van der Waals surface area contributed by atoms with Crippen molar-refractivity contribution in [3.8, 4) is 0 Å². The zero-order valence-corrected chi connectivity index (χ0v) is 6.05. The zero-order chi connectivity index (χ0) is 5.70. The molecule has 0 radical (unpaired) electrons. The van der Waals surface area contributed by atoms with E-state index >= 15 is 0 Å². The second kappa shape index (κ2) is 4.05. The van der Waals surface area contributed by atoms with E-state index in [2.05, 4.69) is 18.2 Å². The minimum absolute atomic E-state index is 0.775. The Balaban J connectivity index is 3.46.